The highest BCUT2D eigenvalue weighted by atomic mass is 19.1. The second kappa shape index (κ2) is 5.70. The van der Waals surface area contributed by atoms with Gasteiger partial charge in [0, 0.05) is 6.54 Å². The van der Waals surface area contributed by atoms with Crippen molar-refractivity contribution < 1.29 is 9.18 Å². The molecule has 1 amide bonds. The van der Waals surface area contributed by atoms with E-state index in [0.717, 1.165) is 25.1 Å². The van der Waals surface area contributed by atoms with Gasteiger partial charge in [-0.2, -0.15) is 0 Å². The molecule has 1 aliphatic rings. The number of carbonyl (C=O) groups is 1. The van der Waals surface area contributed by atoms with Gasteiger partial charge in [-0.05, 0) is 50.4 Å². The molecule has 0 spiro atoms. The Morgan fingerprint density at radius 2 is 2.05 bits per heavy atom. The third kappa shape index (κ3) is 3.13. The molecule has 104 valence electrons. The van der Waals surface area contributed by atoms with Crippen LogP contribution in [0, 0.1) is 25.6 Å². The number of hydrogen-bond acceptors (Lipinski definition) is 2. The monoisotopic (exact) mass is 264 g/mol. The molecule has 1 fully saturated rings. The predicted molar refractivity (Wildman–Crippen MR) is 73.4 cm³/mol. The smallest absolute Gasteiger partial charge is 0.224 e. The standard InChI is InChI=1S/C15H21FN2O/c1-9-6-13(7-10(2)14(9)16)11(3)18-15(19)12-4-5-17-8-12/h6-7,11-12,17H,4-5,8H2,1-3H3,(H,18,19)/t11-,12+/m0/s1. The lowest BCUT2D eigenvalue weighted by atomic mass is 10.0. The Balaban J connectivity index is 2.07. The van der Waals surface area contributed by atoms with Gasteiger partial charge in [0.15, 0.2) is 0 Å². The van der Waals surface area contributed by atoms with Gasteiger partial charge in [-0.1, -0.05) is 12.1 Å². The van der Waals surface area contributed by atoms with Gasteiger partial charge in [0.1, 0.15) is 5.82 Å². The summed E-state index contributed by atoms with van der Waals surface area (Å²) in [5.74, 6) is -0.0236. The lowest BCUT2D eigenvalue weighted by Crippen LogP contribution is -2.33. The van der Waals surface area contributed by atoms with Gasteiger partial charge in [0.25, 0.3) is 0 Å². The normalized spacial score (nSPS) is 20.3. The van der Waals surface area contributed by atoms with Crippen LogP contribution in [0.5, 0.6) is 0 Å². The van der Waals surface area contributed by atoms with Crippen molar-refractivity contribution in [3.05, 3.63) is 34.6 Å². The van der Waals surface area contributed by atoms with E-state index in [1.165, 1.54) is 0 Å². The van der Waals surface area contributed by atoms with Gasteiger partial charge in [-0.15, -0.1) is 0 Å². The van der Waals surface area contributed by atoms with E-state index in [1.54, 1.807) is 26.0 Å². The third-order valence-electron chi connectivity index (χ3n) is 3.75. The molecule has 2 rings (SSSR count). The van der Waals surface area contributed by atoms with E-state index in [-0.39, 0.29) is 23.7 Å². The lowest BCUT2D eigenvalue weighted by Gasteiger charge is -2.18. The van der Waals surface area contributed by atoms with Crippen LogP contribution in [0.25, 0.3) is 0 Å². The maximum atomic E-state index is 13.6. The molecule has 4 heteroatoms. The zero-order valence-electron chi connectivity index (χ0n) is 11.7. The van der Waals surface area contributed by atoms with Crippen LogP contribution in [0.1, 0.15) is 36.1 Å². The Kier molecular flexibility index (Phi) is 4.20. The van der Waals surface area contributed by atoms with Gasteiger partial charge in [-0.25, -0.2) is 4.39 Å². The minimum atomic E-state index is -0.165. The van der Waals surface area contributed by atoms with Crippen LogP contribution >= 0.6 is 0 Å². The van der Waals surface area contributed by atoms with Crippen LogP contribution in [0.3, 0.4) is 0 Å². The number of carbonyl (C=O) groups excluding carboxylic acids is 1. The van der Waals surface area contributed by atoms with E-state index in [1.807, 2.05) is 6.92 Å². The molecule has 2 N–H and O–H groups in total. The van der Waals surface area contributed by atoms with E-state index in [0.29, 0.717) is 11.1 Å². The SMILES string of the molecule is Cc1cc([C@H](C)NC(=O)[C@@H]2CCNC2)cc(C)c1F. The molecule has 1 aromatic rings. The lowest BCUT2D eigenvalue weighted by molar-refractivity contribution is -0.125. The molecular weight excluding hydrogens is 243 g/mol. The quantitative estimate of drug-likeness (QED) is 0.879. The number of amides is 1. The average Bonchev–Trinajstić information content (AvgIpc) is 2.89. The van der Waals surface area contributed by atoms with Gasteiger partial charge in [-0.3, -0.25) is 4.79 Å². The molecule has 0 radical (unpaired) electrons. The zero-order chi connectivity index (χ0) is 14.0. The second-order valence-electron chi connectivity index (χ2n) is 5.39. The van der Waals surface area contributed by atoms with E-state index in [2.05, 4.69) is 10.6 Å². The number of hydrogen-bond donors (Lipinski definition) is 2. The number of benzene rings is 1. The molecule has 0 unspecified atom stereocenters. The Labute approximate surface area is 113 Å². The van der Waals surface area contributed by atoms with Crippen LogP contribution in [-0.4, -0.2) is 19.0 Å². The van der Waals surface area contributed by atoms with Crippen molar-refractivity contribution in [2.45, 2.75) is 33.2 Å². The number of nitrogens with one attached hydrogen (secondary N) is 2. The van der Waals surface area contributed by atoms with Gasteiger partial charge in [0.2, 0.25) is 5.91 Å². The molecule has 2 atom stereocenters. The maximum absolute atomic E-state index is 13.6. The molecule has 0 aromatic heterocycles. The molecular formula is C15H21FN2O. The van der Waals surface area contributed by atoms with Crippen molar-refractivity contribution in [1.29, 1.82) is 0 Å². The molecule has 3 nitrogen and oxygen atoms in total. The second-order valence-corrected chi connectivity index (χ2v) is 5.39. The first-order valence-corrected chi connectivity index (χ1v) is 6.76. The van der Waals surface area contributed by atoms with Crippen LogP contribution in [0.2, 0.25) is 0 Å². The van der Waals surface area contributed by atoms with Crippen molar-refractivity contribution in [2.24, 2.45) is 5.92 Å². The highest BCUT2D eigenvalue weighted by molar-refractivity contribution is 5.79. The molecule has 19 heavy (non-hydrogen) atoms. The van der Waals surface area contributed by atoms with E-state index in [4.69, 9.17) is 0 Å². The van der Waals surface area contributed by atoms with Crippen molar-refractivity contribution >= 4 is 5.91 Å². The van der Waals surface area contributed by atoms with Crippen LogP contribution in [-0.2, 0) is 4.79 Å². The van der Waals surface area contributed by atoms with Crippen LogP contribution in [0.4, 0.5) is 4.39 Å². The summed E-state index contributed by atoms with van der Waals surface area (Å²) in [6.07, 6.45) is 0.889. The fourth-order valence-electron chi connectivity index (χ4n) is 2.52. The Morgan fingerprint density at radius 1 is 1.42 bits per heavy atom. The Bertz CT molecular complexity index is 458. The molecule has 1 aromatic carbocycles. The average molecular weight is 264 g/mol. The van der Waals surface area contributed by atoms with Crippen molar-refractivity contribution in [2.75, 3.05) is 13.1 Å². The summed E-state index contributed by atoms with van der Waals surface area (Å²) in [5.41, 5.74) is 2.20. The first-order chi connectivity index (χ1) is 8.99. The number of rotatable bonds is 3. The van der Waals surface area contributed by atoms with Gasteiger partial charge >= 0.3 is 0 Å². The van der Waals surface area contributed by atoms with E-state index in [9.17, 15) is 9.18 Å². The van der Waals surface area contributed by atoms with Crippen molar-refractivity contribution in [3.63, 3.8) is 0 Å². The Morgan fingerprint density at radius 3 is 2.58 bits per heavy atom. The maximum Gasteiger partial charge on any atom is 0.224 e. The first-order valence-electron chi connectivity index (χ1n) is 6.76. The van der Waals surface area contributed by atoms with Crippen molar-refractivity contribution in [1.82, 2.24) is 10.6 Å². The molecule has 0 bridgehead atoms. The van der Waals surface area contributed by atoms with Crippen molar-refractivity contribution in [3.8, 4) is 0 Å². The topological polar surface area (TPSA) is 41.1 Å². The molecule has 0 saturated carbocycles. The molecule has 1 saturated heterocycles. The predicted octanol–water partition coefficient (Wildman–Crippen LogP) is 2.23. The minimum Gasteiger partial charge on any atom is -0.349 e. The largest absolute Gasteiger partial charge is 0.349 e. The first kappa shape index (κ1) is 14.0. The molecule has 0 aliphatic carbocycles. The summed E-state index contributed by atoms with van der Waals surface area (Å²) >= 11 is 0. The van der Waals surface area contributed by atoms with Crippen LogP contribution in [0.15, 0.2) is 12.1 Å². The summed E-state index contributed by atoms with van der Waals surface area (Å²) in [5, 5.41) is 6.19. The van der Waals surface area contributed by atoms with Gasteiger partial charge in [0.05, 0.1) is 12.0 Å². The van der Waals surface area contributed by atoms with E-state index < -0.39 is 0 Å². The zero-order valence-corrected chi connectivity index (χ0v) is 11.7. The minimum absolute atomic E-state index is 0.0603. The number of halogens is 1. The number of aryl methyl sites for hydroxylation is 2. The van der Waals surface area contributed by atoms with E-state index >= 15 is 0 Å². The summed E-state index contributed by atoms with van der Waals surface area (Å²) in [7, 11) is 0. The fourth-order valence-corrected chi connectivity index (χ4v) is 2.52. The molecule has 1 heterocycles. The highest BCUT2D eigenvalue weighted by Crippen LogP contribution is 2.20. The highest BCUT2D eigenvalue weighted by Gasteiger charge is 2.23. The summed E-state index contributed by atoms with van der Waals surface area (Å²) in [4.78, 5) is 12.0. The summed E-state index contributed by atoms with van der Waals surface area (Å²) in [6.45, 7) is 7.09. The summed E-state index contributed by atoms with van der Waals surface area (Å²) < 4.78 is 13.6. The van der Waals surface area contributed by atoms with Crippen LogP contribution < -0.4 is 10.6 Å². The summed E-state index contributed by atoms with van der Waals surface area (Å²) in [6, 6.07) is 3.52. The molecule has 1 aliphatic heterocycles. The van der Waals surface area contributed by atoms with Gasteiger partial charge < -0.3 is 10.6 Å². The third-order valence-corrected chi connectivity index (χ3v) is 3.75. The Hall–Kier alpha value is -1.42. The fraction of sp³-hybridized carbons (Fsp3) is 0.533.